The summed E-state index contributed by atoms with van der Waals surface area (Å²) >= 11 is 0.431. The van der Waals surface area contributed by atoms with Crippen LogP contribution in [0.1, 0.15) is 0 Å². The number of rotatable bonds is 0. The minimum Gasteiger partial charge on any atom is -0.412 e. The monoisotopic (exact) mass is 182 g/mol. The van der Waals surface area contributed by atoms with E-state index in [1.54, 1.807) is 10.1 Å². The summed E-state index contributed by atoms with van der Waals surface area (Å²) in [5, 5.41) is 18.3. The van der Waals surface area contributed by atoms with E-state index in [9.17, 15) is 0 Å². The molecular formula is C2H8N2NiO4. The van der Waals surface area contributed by atoms with E-state index < -0.39 is 0 Å². The van der Waals surface area contributed by atoms with Crippen LogP contribution in [-0.4, -0.2) is 21.9 Å². The number of nitrogens with zero attached hydrogens (tertiary/aromatic N) is 2. The molecule has 0 fully saturated rings. The van der Waals surface area contributed by atoms with E-state index in [4.69, 9.17) is 10.5 Å². The van der Waals surface area contributed by atoms with Crippen molar-refractivity contribution >= 4 is 0 Å². The van der Waals surface area contributed by atoms with Crippen molar-refractivity contribution in [2.75, 3.05) is 0 Å². The van der Waals surface area contributed by atoms with Crippen LogP contribution in [0.2, 0.25) is 0 Å². The zero-order valence-corrected chi connectivity index (χ0v) is 5.20. The van der Waals surface area contributed by atoms with Gasteiger partial charge in [0.25, 0.3) is 0 Å². The van der Waals surface area contributed by atoms with Crippen molar-refractivity contribution in [3.8, 4) is 10.1 Å². The van der Waals surface area contributed by atoms with Gasteiger partial charge in [-0.1, -0.05) is 0 Å². The molecule has 0 saturated heterocycles. The summed E-state index contributed by atoms with van der Waals surface area (Å²) in [6.07, 6.45) is 0. The van der Waals surface area contributed by atoms with Crippen LogP contribution in [0.5, 0.6) is 0 Å². The predicted molar refractivity (Wildman–Crippen MR) is 25.7 cm³/mol. The van der Waals surface area contributed by atoms with Crippen molar-refractivity contribution in [3.05, 3.63) is 0 Å². The van der Waals surface area contributed by atoms with Crippen LogP contribution >= 0.6 is 0 Å². The fourth-order valence-corrected chi connectivity index (χ4v) is 0.0652. The first kappa shape index (κ1) is 40.5. The maximum Gasteiger partial charge on any atom is -0.412 e. The number of hydrogen-bond acceptors (Lipinski definition) is 2. The van der Waals surface area contributed by atoms with E-state index in [2.05, 4.69) is 0 Å². The number of hydrogen-bond donors (Lipinski definition) is 0. The zero-order valence-electron chi connectivity index (χ0n) is 4.21. The second-order valence-electron chi connectivity index (χ2n) is 0.220. The minimum atomic E-state index is 0. The smallest absolute Gasteiger partial charge is 0.412 e. The van der Waals surface area contributed by atoms with Crippen LogP contribution in [0.3, 0.4) is 0 Å². The summed E-state index contributed by atoms with van der Waals surface area (Å²) in [5.41, 5.74) is 0. The summed E-state index contributed by atoms with van der Waals surface area (Å²) in [6.45, 7) is 0. The molecule has 7 heteroatoms. The summed E-state index contributed by atoms with van der Waals surface area (Å²) in [4.78, 5) is 0. The molecular weight excluding hydrogens is 175 g/mol. The Morgan fingerprint density at radius 3 is 1.00 bits per heavy atom. The summed E-state index contributed by atoms with van der Waals surface area (Å²) < 4.78 is 0. The van der Waals surface area contributed by atoms with Crippen LogP contribution in [-0.2, 0) is 14.4 Å². The first-order chi connectivity index (χ1) is 2.41. The molecule has 0 aliphatic rings. The van der Waals surface area contributed by atoms with Gasteiger partial charge < -0.3 is 21.9 Å². The van der Waals surface area contributed by atoms with Gasteiger partial charge in [-0.05, 0) is 0 Å². The molecule has 0 saturated carbocycles. The molecule has 0 atom stereocenters. The maximum atomic E-state index is 7.57. The van der Waals surface area contributed by atoms with Crippen molar-refractivity contribution in [3.63, 3.8) is 0 Å². The van der Waals surface area contributed by atoms with Gasteiger partial charge in [0.2, 0.25) is 0 Å². The van der Waals surface area contributed by atoms with Gasteiger partial charge in [0.05, 0.1) is 0 Å². The second kappa shape index (κ2) is 54.5. The first-order valence-corrected chi connectivity index (χ1v) is 1.75. The van der Waals surface area contributed by atoms with Crippen LogP contribution in [0.15, 0.2) is 0 Å². The third-order valence-electron chi connectivity index (χ3n) is 0.0707. The molecule has 0 aromatic rings. The molecule has 0 amide bonds. The van der Waals surface area contributed by atoms with E-state index in [1.165, 1.54) is 0 Å². The van der Waals surface area contributed by atoms with E-state index >= 15 is 0 Å². The Kier molecular flexibility index (Phi) is 245. The Morgan fingerprint density at radius 1 is 0.778 bits per heavy atom. The fourth-order valence-electron chi connectivity index (χ4n) is 0.0158. The Labute approximate surface area is 57.7 Å². The van der Waals surface area contributed by atoms with Gasteiger partial charge in [-0.3, -0.25) is 0 Å². The molecule has 0 aliphatic heterocycles. The quantitative estimate of drug-likeness (QED) is 0.358. The van der Waals surface area contributed by atoms with Gasteiger partial charge in [-0.15, -0.1) is 0 Å². The third-order valence-corrected chi connectivity index (χ3v) is 0.292. The van der Waals surface area contributed by atoms with E-state index in [1.807, 2.05) is 0 Å². The van der Waals surface area contributed by atoms with Gasteiger partial charge in [0, 0.05) is 0 Å². The number of nitriles is 2. The molecule has 0 aromatic heterocycles. The predicted octanol–water partition coefficient (Wildman–Crippen LogP) is -3.27. The molecule has 60 valence electrons. The van der Waals surface area contributed by atoms with E-state index in [0.29, 0.717) is 14.4 Å². The standard InChI is InChI=1S/2CN.Ni.4H2O/c2*1-2;;;;;/h;;;4*1H2. The van der Waals surface area contributed by atoms with Gasteiger partial charge in [-0.25, -0.2) is 0 Å². The zero-order chi connectivity index (χ0) is 4.12. The Bertz CT molecular complexity index is 81.7. The minimum absolute atomic E-state index is 0. The van der Waals surface area contributed by atoms with Crippen molar-refractivity contribution in [2.45, 2.75) is 0 Å². The fraction of sp³-hybridized carbons (Fsp3) is 0. The molecule has 9 heavy (non-hydrogen) atoms. The third kappa shape index (κ3) is 120. The van der Waals surface area contributed by atoms with Crippen molar-refractivity contribution in [2.24, 2.45) is 0 Å². The second-order valence-corrected chi connectivity index (χ2v) is 0.909. The van der Waals surface area contributed by atoms with Crippen molar-refractivity contribution in [1.29, 1.82) is 10.5 Å². The molecule has 0 bridgehead atoms. The molecule has 0 radical (unpaired) electrons. The largest absolute Gasteiger partial charge is 0.412 e. The molecule has 0 rings (SSSR count). The molecule has 8 N–H and O–H groups in total. The molecule has 0 aromatic carbocycles. The van der Waals surface area contributed by atoms with Gasteiger partial charge in [0.15, 0.2) is 0 Å². The van der Waals surface area contributed by atoms with E-state index in [-0.39, 0.29) is 21.9 Å². The Hall–Kier alpha value is -0.686. The maximum absolute atomic E-state index is 7.57. The summed E-state index contributed by atoms with van der Waals surface area (Å²) in [7, 11) is 0. The van der Waals surface area contributed by atoms with Gasteiger partial charge >= 0.3 is 35.0 Å². The first-order valence-electron chi connectivity index (χ1n) is 0.763. The molecule has 0 heterocycles. The average molecular weight is 183 g/mol. The normalized spacial score (nSPS) is 2.89. The van der Waals surface area contributed by atoms with Gasteiger partial charge in [-0.2, -0.15) is 0 Å². The van der Waals surface area contributed by atoms with Crippen LogP contribution < -0.4 is 0 Å². The van der Waals surface area contributed by atoms with Crippen LogP contribution in [0.25, 0.3) is 0 Å². The average Bonchev–Trinajstić information content (AvgIpc) is 1.41. The Morgan fingerprint density at radius 2 is 1.00 bits per heavy atom. The topological polar surface area (TPSA) is 174 Å². The molecule has 0 aliphatic carbocycles. The molecule has 0 spiro atoms. The summed E-state index contributed by atoms with van der Waals surface area (Å²) in [5.74, 6) is 0. The van der Waals surface area contributed by atoms with Crippen LogP contribution in [0, 0.1) is 20.6 Å². The molecule has 6 nitrogen and oxygen atoms in total. The molecule has 0 unspecified atom stereocenters. The summed E-state index contributed by atoms with van der Waals surface area (Å²) in [6, 6.07) is 0. The van der Waals surface area contributed by atoms with Crippen molar-refractivity contribution in [1.82, 2.24) is 0 Å². The Balaban J connectivity index is -0.0000000133. The van der Waals surface area contributed by atoms with Gasteiger partial charge in [0.1, 0.15) is 0 Å². The van der Waals surface area contributed by atoms with Crippen LogP contribution in [0.4, 0.5) is 0 Å². The van der Waals surface area contributed by atoms with E-state index in [0.717, 1.165) is 0 Å². The SMILES string of the molecule is N#[C][Ni][C]#N.O.O.O.O. The van der Waals surface area contributed by atoms with Crippen molar-refractivity contribution < 1.29 is 36.3 Å².